The van der Waals surface area contributed by atoms with Gasteiger partial charge in [0.05, 0.1) is 12.7 Å². The van der Waals surface area contributed by atoms with E-state index in [-0.39, 0.29) is 11.9 Å². The van der Waals surface area contributed by atoms with Crippen molar-refractivity contribution >= 4 is 23.3 Å². The van der Waals surface area contributed by atoms with E-state index in [9.17, 15) is 9.90 Å². The second-order valence-electron chi connectivity index (χ2n) is 8.13. The molecule has 7 heteroatoms. The highest BCUT2D eigenvalue weighted by atomic mass is 35.5. The van der Waals surface area contributed by atoms with Crippen molar-refractivity contribution in [3.63, 3.8) is 0 Å². The maximum Gasteiger partial charge on any atom is 0.324 e. The van der Waals surface area contributed by atoms with E-state index in [1.54, 1.807) is 31.2 Å². The fourth-order valence-corrected chi connectivity index (χ4v) is 4.31. The summed E-state index contributed by atoms with van der Waals surface area (Å²) in [6.45, 7) is 1.56. The number of rotatable bonds is 5. The van der Waals surface area contributed by atoms with Crippen LogP contribution >= 0.6 is 11.6 Å². The van der Waals surface area contributed by atoms with Gasteiger partial charge in [-0.15, -0.1) is 0 Å². The monoisotopic (exact) mass is 431 g/mol. The number of nitrogens with zero attached hydrogens (tertiary/aromatic N) is 3. The molecule has 1 fully saturated rings. The van der Waals surface area contributed by atoms with E-state index in [1.807, 2.05) is 60.3 Å². The molecular formula is C23H30ClN3O3. The van der Waals surface area contributed by atoms with E-state index in [1.165, 1.54) is 0 Å². The molecule has 2 amide bonds. The molecule has 1 heterocycles. The van der Waals surface area contributed by atoms with Crippen LogP contribution in [0.15, 0.2) is 48.5 Å². The number of hydrogen-bond donors (Lipinski definition) is 1. The number of carbonyl (C=O) groups is 1. The number of likely N-dealkylation sites (tertiary alicyclic amines) is 1. The summed E-state index contributed by atoms with van der Waals surface area (Å²) in [5.41, 5.74) is 0.527. The standard InChI is InChI=1S/C23H30ClN3O3/c1-25(2)15-18-16-27(22(28)26(3)20-9-6-8-19(24)14-20)12-11-23(18,29)17-7-5-10-21(13-17)30-4/h5-10,13-14,18,29H,11-12,15-16H2,1-4H3. The molecular weight excluding hydrogens is 402 g/mol. The van der Waals surface area contributed by atoms with Crippen LogP contribution in [0.4, 0.5) is 10.5 Å². The topological polar surface area (TPSA) is 56.3 Å². The highest BCUT2D eigenvalue weighted by Gasteiger charge is 2.44. The third-order valence-corrected chi connectivity index (χ3v) is 6.02. The minimum absolute atomic E-state index is 0.103. The molecule has 2 atom stereocenters. The van der Waals surface area contributed by atoms with Gasteiger partial charge in [0.1, 0.15) is 5.75 Å². The zero-order chi connectivity index (χ0) is 21.9. The average Bonchev–Trinajstić information content (AvgIpc) is 2.74. The van der Waals surface area contributed by atoms with Crippen molar-refractivity contribution in [3.05, 3.63) is 59.1 Å². The third-order valence-electron chi connectivity index (χ3n) is 5.79. The fourth-order valence-electron chi connectivity index (χ4n) is 4.12. The second kappa shape index (κ2) is 9.25. The fraction of sp³-hybridized carbons (Fsp3) is 0.435. The Balaban J connectivity index is 1.84. The van der Waals surface area contributed by atoms with E-state index >= 15 is 0 Å². The van der Waals surface area contributed by atoms with Crippen LogP contribution in [0.2, 0.25) is 5.02 Å². The Hall–Kier alpha value is -2.28. The van der Waals surface area contributed by atoms with Gasteiger partial charge in [-0.25, -0.2) is 4.79 Å². The van der Waals surface area contributed by atoms with Crippen LogP contribution in [0.5, 0.6) is 5.75 Å². The third kappa shape index (κ3) is 4.72. The number of carbonyl (C=O) groups excluding carboxylic acids is 1. The van der Waals surface area contributed by atoms with E-state index in [0.29, 0.717) is 36.8 Å². The van der Waals surface area contributed by atoms with Gasteiger partial charge in [-0.05, 0) is 56.4 Å². The summed E-state index contributed by atoms with van der Waals surface area (Å²) in [5.74, 6) is 0.564. The molecule has 1 saturated heterocycles. The summed E-state index contributed by atoms with van der Waals surface area (Å²) < 4.78 is 5.35. The highest BCUT2D eigenvalue weighted by molar-refractivity contribution is 6.30. The number of halogens is 1. The number of ether oxygens (including phenoxy) is 1. The largest absolute Gasteiger partial charge is 0.497 e. The van der Waals surface area contributed by atoms with Gasteiger partial charge >= 0.3 is 6.03 Å². The molecule has 0 saturated carbocycles. The summed E-state index contributed by atoms with van der Waals surface area (Å²) >= 11 is 6.09. The van der Waals surface area contributed by atoms with Crippen molar-refractivity contribution in [3.8, 4) is 5.75 Å². The smallest absolute Gasteiger partial charge is 0.324 e. The molecule has 0 spiro atoms. The number of urea groups is 1. The van der Waals surface area contributed by atoms with Gasteiger partial charge in [-0.3, -0.25) is 4.90 Å². The van der Waals surface area contributed by atoms with Crippen LogP contribution in [0.3, 0.4) is 0 Å². The van der Waals surface area contributed by atoms with Crippen molar-refractivity contribution in [2.45, 2.75) is 12.0 Å². The van der Waals surface area contributed by atoms with Crippen LogP contribution < -0.4 is 9.64 Å². The number of amides is 2. The predicted molar refractivity (Wildman–Crippen MR) is 120 cm³/mol. The first kappa shape index (κ1) is 22.4. The molecule has 2 unspecified atom stereocenters. The zero-order valence-electron chi connectivity index (χ0n) is 18.0. The van der Waals surface area contributed by atoms with E-state index in [2.05, 4.69) is 0 Å². The Labute approximate surface area is 183 Å². The Morgan fingerprint density at radius 1 is 1.23 bits per heavy atom. The highest BCUT2D eigenvalue weighted by Crippen LogP contribution is 2.39. The quantitative estimate of drug-likeness (QED) is 0.784. The first-order valence-electron chi connectivity index (χ1n) is 10.0. The maximum absolute atomic E-state index is 13.2. The van der Waals surface area contributed by atoms with Gasteiger partial charge in [0.2, 0.25) is 0 Å². The Bertz CT molecular complexity index is 892. The molecule has 0 radical (unpaired) electrons. The molecule has 2 aromatic carbocycles. The number of anilines is 1. The van der Waals surface area contributed by atoms with Crippen LogP contribution in [-0.4, -0.2) is 68.8 Å². The Kier molecular flexibility index (Phi) is 6.91. The van der Waals surface area contributed by atoms with Crippen molar-refractivity contribution in [2.75, 3.05) is 52.8 Å². The second-order valence-corrected chi connectivity index (χ2v) is 8.57. The van der Waals surface area contributed by atoms with Crippen molar-refractivity contribution in [1.82, 2.24) is 9.80 Å². The lowest BCUT2D eigenvalue weighted by Crippen LogP contribution is -2.56. The number of benzene rings is 2. The van der Waals surface area contributed by atoms with Crippen molar-refractivity contribution in [1.29, 1.82) is 0 Å². The summed E-state index contributed by atoms with van der Waals surface area (Å²) in [4.78, 5) is 18.6. The molecule has 6 nitrogen and oxygen atoms in total. The summed E-state index contributed by atoms with van der Waals surface area (Å²) in [6.07, 6.45) is 0.452. The van der Waals surface area contributed by atoms with E-state index < -0.39 is 5.60 Å². The van der Waals surface area contributed by atoms with Crippen molar-refractivity contribution in [2.24, 2.45) is 5.92 Å². The SMILES string of the molecule is COc1cccc(C2(O)CCN(C(=O)N(C)c3cccc(Cl)c3)CC2CN(C)C)c1. The first-order valence-corrected chi connectivity index (χ1v) is 10.4. The molecule has 0 bridgehead atoms. The molecule has 3 rings (SSSR count). The molecule has 1 aliphatic rings. The van der Waals surface area contributed by atoms with Crippen LogP contribution in [0.25, 0.3) is 0 Å². The number of aliphatic hydroxyl groups is 1. The lowest BCUT2D eigenvalue weighted by molar-refractivity contribution is -0.0753. The van der Waals surface area contributed by atoms with Gasteiger partial charge in [0.25, 0.3) is 0 Å². The van der Waals surface area contributed by atoms with Crippen LogP contribution in [-0.2, 0) is 5.60 Å². The first-order chi connectivity index (χ1) is 14.2. The summed E-state index contributed by atoms with van der Waals surface area (Å²) in [7, 11) is 7.32. The van der Waals surface area contributed by atoms with Crippen LogP contribution in [0.1, 0.15) is 12.0 Å². The van der Waals surface area contributed by atoms with E-state index in [4.69, 9.17) is 16.3 Å². The molecule has 162 valence electrons. The molecule has 1 N–H and O–H groups in total. The lowest BCUT2D eigenvalue weighted by Gasteiger charge is -2.46. The van der Waals surface area contributed by atoms with Gasteiger partial charge in [0.15, 0.2) is 0 Å². The normalized spacial score (nSPS) is 21.6. The lowest BCUT2D eigenvalue weighted by atomic mass is 9.75. The Morgan fingerprint density at radius 3 is 2.63 bits per heavy atom. The van der Waals surface area contributed by atoms with Gasteiger partial charge in [0, 0.05) is 43.3 Å². The van der Waals surface area contributed by atoms with Crippen LogP contribution in [0, 0.1) is 5.92 Å². The van der Waals surface area contributed by atoms with E-state index in [0.717, 1.165) is 11.3 Å². The summed E-state index contributed by atoms with van der Waals surface area (Å²) in [6, 6.07) is 14.7. The number of hydrogen-bond acceptors (Lipinski definition) is 4. The molecule has 30 heavy (non-hydrogen) atoms. The molecule has 1 aliphatic heterocycles. The minimum Gasteiger partial charge on any atom is -0.497 e. The number of methoxy groups -OCH3 is 1. The van der Waals surface area contributed by atoms with Gasteiger partial charge in [-0.2, -0.15) is 0 Å². The van der Waals surface area contributed by atoms with Gasteiger partial charge in [-0.1, -0.05) is 29.8 Å². The zero-order valence-corrected chi connectivity index (χ0v) is 18.8. The Morgan fingerprint density at radius 2 is 1.97 bits per heavy atom. The summed E-state index contributed by atoms with van der Waals surface area (Å²) in [5, 5.41) is 12.3. The van der Waals surface area contributed by atoms with Crippen molar-refractivity contribution < 1.29 is 14.6 Å². The number of piperidine rings is 1. The molecule has 0 aromatic heterocycles. The minimum atomic E-state index is -1.04. The average molecular weight is 432 g/mol. The van der Waals surface area contributed by atoms with Gasteiger partial charge < -0.3 is 19.6 Å². The molecule has 2 aromatic rings. The molecule has 0 aliphatic carbocycles. The predicted octanol–water partition coefficient (Wildman–Crippen LogP) is 3.68. The maximum atomic E-state index is 13.2.